The maximum absolute atomic E-state index is 10.6. The number of rotatable bonds is 5. The molecule has 18 heavy (non-hydrogen) atoms. The maximum Gasteiger partial charge on any atom is 0.333 e. The normalized spacial score (nSPS) is 7.22. The van der Waals surface area contributed by atoms with E-state index in [-0.39, 0.29) is 5.97 Å². The highest BCUT2D eigenvalue weighted by Gasteiger charge is 1.99. The van der Waals surface area contributed by atoms with Crippen LogP contribution in [0.5, 0.6) is 0 Å². The average Bonchev–Trinajstić information content (AvgIpc) is 2.36. The van der Waals surface area contributed by atoms with Gasteiger partial charge in [-0.05, 0) is 13.3 Å². The molecular formula is C14H22O4. The van der Waals surface area contributed by atoms with Crippen LogP contribution < -0.4 is 0 Å². The number of hydrogen-bond donors (Lipinski definition) is 1. The molecule has 0 aliphatic heterocycles. The zero-order chi connectivity index (χ0) is 15.0. The van der Waals surface area contributed by atoms with E-state index in [4.69, 9.17) is 9.84 Å². The molecule has 1 N–H and O–H groups in total. The van der Waals surface area contributed by atoms with Crippen molar-refractivity contribution in [2.75, 3.05) is 6.61 Å². The number of carbonyl (C=O) groups is 2. The van der Waals surface area contributed by atoms with E-state index in [1.165, 1.54) is 0 Å². The number of ether oxygens (including phenoxy) is 1. The summed E-state index contributed by atoms with van der Waals surface area (Å²) < 4.78 is 4.71. The third-order valence-corrected chi connectivity index (χ3v) is 1.13. The number of allylic oxidation sites excluding steroid dienone is 2. The van der Waals surface area contributed by atoms with Crippen LogP contribution in [-0.4, -0.2) is 23.7 Å². The molecule has 0 aromatic heterocycles. The lowest BCUT2D eigenvalue weighted by Gasteiger charge is -1.99. The Morgan fingerprint density at radius 3 is 1.78 bits per heavy atom. The van der Waals surface area contributed by atoms with Gasteiger partial charge in [-0.25, -0.2) is 9.59 Å². The second-order valence-electron chi connectivity index (χ2n) is 2.93. The molecule has 0 saturated carbocycles. The summed E-state index contributed by atoms with van der Waals surface area (Å²) in [5.41, 5.74) is 0.462. The summed E-state index contributed by atoms with van der Waals surface area (Å²) in [4.78, 5) is 19.8. The molecule has 0 rings (SSSR count). The lowest BCUT2D eigenvalue weighted by Crippen LogP contribution is -2.04. The zero-order valence-corrected chi connectivity index (χ0v) is 11.1. The Balaban J connectivity index is -0.000000212. The van der Waals surface area contributed by atoms with Gasteiger partial charge in [0.2, 0.25) is 0 Å². The van der Waals surface area contributed by atoms with Crippen LogP contribution in [0.2, 0.25) is 0 Å². The SMILES string of the molecule is C=C(C)C(=O)OCCC.C=CC(=O)O.C=CC=C. The lowest BCUT2D eigenvalue weighted by molar-refractivity contribution is -0.139. The van der Waals surface area contributed by atoms with Gasteiger partial charge < -0.3 is 9.84 Å². The second-order valence-corrected chi connectivity index (χ2v) is 2.93. The molecule has 0 aromatic carbocycles. The van der Waals surface area contributed by atoms with Crippen LogP contribution in [0, 0.1) is 0 Å². The molecule has 0 aromatic rings. The minimum absolute atomic E-state index is 0.295. The third kappa shape index (κ3) is 29.2. The van der Waals surface area contributed by atoms with Crippen molar-refractivity contribution in [3.8, 4) is 0 Å². The molecule has 4 heteroatoms. The van der Waals surface area contributed by atoms with Gasteiger partial charge in [0.25, 0.3) is 0 Å². The predicted octanol–water partition coefficient (Wildman–Crippen LogP) is 3.13. The van der Waals surface area contributed by atoms with E-state index in [0.717, 1.165) is 12.5 Å². The first-order valence-electron chi connectivity index (χ1n) is 5.28. The van der Waals surface area contributed by atoms with Crippen molar-refractivity contribution in [1.82, 2.24) is 0 Å². The van der Waals surface area contributed by atoms with Crippen molar-refractivity contribution in [3.63, 3.8) is 0 Å². The third-order valence-electron chi connectivity index (χ3n) is 1.13. The topological polar surface area (TPSA) is 63.6 Å². The molecule has 0 spiro atoms. The van der Waals surface area contributed by atoms with Gasteiger partial charge in [0.1, 0.15) is 0 Å². The molecule has 0 atom stereocenters. The van der Waals surface area contributed by atoms with Gasteiger partial charge in [0.15, 0.2) is 0 Å². The van der Waals surface area contributed by atoms with Gasteiger partial charge in [-0.15, -0.1) is 0 Å². The summed E-state index contributed by atoms with van der Waals surface area (Å²) in [5.74, 6) is -1.28. The Bertz CT molecular complexity index is 284. The van der Waals surface area contributed by atoms with Crippen LogP contribution in [0.15, 0.2) is 50.1 Å². The molecule has 0 radical (unpaired) electrons. The van der Waals surface area contributed by atoms with Crippen molar-refractivity contribution >= 4 is 11.9 Å². The van der Waals surface area contributed by atoms with Gasteiger partial charge in [-0.1, -0.05) is 45.4 Å². The van der Waals surface area contributed by atoms with Gasteiger partial charge in [0, 0.05) is 11.6 Å². The summed E-state index contributed by atoms with van der Waals surface area (Å²) in [5, 5.41) is 7.60. The van der Waals surface area contributed by atoms with Crippen molar-refractivity contribution in [3.05, 3.63) is 50.1 Å². The Kier molecular flexibility index (Phi) is 20.4. The van der Waals surface area contributed by atoms with Crippen LogP contribution in [0.3, 0.4) is 0 Å². The molecule has 0 unspecified atom stereocenters. The summed E-state index contributed by atoms with van der Waals surface area (Å²) in [6, 6.07) is 0. The second kappa shape index (κ2) is 17.3. The van der Waals surface area contributed by atoms with Crippen molar-refractivity contribution in [2.24, 2.45) is 0 Å². The number of esters is 1. The maximum atomic E-state index is 10.6. The van der Waals surface area contributed by atoms with Crippen molar-refractivity contribution < 1.29 is 19.4 Å². The Hall–Kier alpha value is -2.10. The number of carbonyl (C=O) groups excluding carboxylic acids is 1. The number of carboxylic acid groups (broad SMARTS) is 1. The molecule has 0 bridgehead atoms. The van der Waals surface area contributed by atoms with E-state index in [2.05, 4.69) is 26.3 Å². The van der Waals surface area contributed by atoms with E-state index in [9.17, 15) is 9.59 Å². The van der Waals surface area contributed by atoms with E-state index in [1.807, 2.05) is 6.92 Å². The highest BCUT2D eigenvalue weighted by atomic mass is 16.5. The van der Waals surface area contributed by atoms with Crippen LogP contribution >= 0.6 is 0 Å². The number of carboxylic acids is 1. The molecule has 4 nitrogen and oxygen atoms in total. The summed E-state index contributed by atoms with van der Waals surface area (Å²) >= 11 is 0. The van der Waals surface area contributed by atoms with Crippen LogP contribution in [-0.2, 0) is 14.3 Å². The molecular weight excluding hydrogens is 232 g/mol. The van der Waals surface area contributed by atoms with Gasteiger partial charge in [-0.3, -0.25) is 0 Å². The highest BCUT2D eigenvalue weighted by Crippen LogP contribution is 1.91. The Labute approximate surface area is 109 Å². The quantitative estimate of drug-likeness (QED) is 0.465. The lowest BCUT2D eigenvalue weighted by atomic mass is 10.4. The predicted molar refractivity (Wildman–Crippen MR) is 74.3 cm³/mol. The molecule has 0 aliphatic carbocycles. The summed E-state index contributed by atoms with van der Waals surface area (Å²) in [6.07, 6.45) is 4.97. The highest BCUT2D eigenvalue weighted by molar-refractivity contribution is 5.86. The minimum Gasteiger partial charge on any atom is -0.478 e. The minimum atomic E-state index is -0.981. The first kappa shape index (κ1) is 21.2. The first-order valence-corrected chi connectivity index (χ1v) is 5.28. The molecule has 0 heterocycles. The largest absolute Gasteiger partial charge is 0.478 e. The van der Waals surface area contributed by atoms with Crippen LogP contribution in [0.4, 0.5) is 0 Å². The Morgan fingerprint density at radius 2 is 1.61 bits per heavy atom. The van der Waals surface area contributed by atoms with E-state index in [0.29, 0.717) is 12.2 Å². The number of hydrogen-bond acceptors (Lipinski definition) is 3. The molecule has 0 amide bonds. The van der Waals surface area contributed by atoms with E-state index >= 15 is 0 Å². The fourth-order valence-corrected chi connectivity index (χ4v) is 0.318. The standard InChI is InChI=1S/C7H12O2.C4H6.C3H4O2/c1-4-5-9-7(8)6(2)3;1-3-4-2;1-2-3(4)5/h2,4-5H2,1,3H3;3-4H,1-2H2;2H,1H2,(H,4,5). The monoisotopic (exact) mass is 254 g/mol. The smallest absolute Gasteiger partial charge is 0.333 e. The zero-order valence-electron chi connectivity index (χ0n) is 11.1. The fraction of sp³-hybridized carbons (Fsp3) is 0.286. The van der Waals surface area contributed by atoms with Gasteiger partial charge in [-0.2, -0.15) is 0 Å². The molecule has 102 valence electrons. The van der Waals surface area contributed by atoms with E-state index < -0.39 is 5.97 Å². The van der Waals surface area contributed by atoms with Gasteiger partial charge >= 0.3 is 11.9 Å². The van der Waals surface area contributed by atoms with Crippen molar-refractivity contribution in [2.45, 2.75) is 20.3 Å². The Morgan fingerprint density at radius 1 is 1.22 bits per heavy atom. The molecule has 0 fully saturated rings. The van der Waals surface area contributed by atoms with E-state index in [1.54, 1.807) is 19.1 Å². The fourth-order valence-electron chi connectivity index (χ4n) is 0.318. The molecule has 0 aliphatic rings. The van der Waals surface area contributed by atoms with Crippen LogP contribution in [0.25, 0.3) is 0 Å². The summed E-state index contributed by atoms with van der Waals surface area (Å²) in [6.45, 7) is 17.2. The number of aliphatic carboxylic acids is 1. The average molecular weight is 254 g/mol. The first-order chi connectivity index (χ1) is 8.37. The van der Waals surface area contributed by atoms with Gasteiger partial charge in [0.05, 0.1) is 6.61 Å². The van der Waals surface area contributed by atoms with Crippen LogP contribution in [0.1, 0.15) is 20.3 Å². The molecule has 0 saturated heterocycles. The summed E-state index contributed by atoms with van der Waals surface area (Å²) in [7, 11) is 0. The van der Waals surface area contributed by atoms with Crippen molar-refractivity contribution in [1.29, 1.82) is 0 Å².